The number of aryl methyl sites for hydroxylation is 1. The Bertz CT molecular complexity index is 673. The molecule has 0 saturated carbocycles. The van der Waals surface area contributed by atoms with Crippen molar-refractivity contribution in [2.45, 2.75) is 10.2 Å². The Morgan fingerprint density at radius 2 is 2.29 bits per heavy atom. The summed E-state index contributed by atoms with van der Waals surface area (Å²) in [7, 11) is 1.84. The SMILES string of the molecule is Cn1ncnc1Sc1nc(N)nc2sccc12. The number of nitrogen functional groups attached to an aromatic ring is 1. The number of hydrogen-bond acceptors (Lipinski definition) is 7. The lowest BCUT2D eigenvalue weighted by atomic mass is 10.4. The van der Waals surface area contributed by atoms with Crippen LogP contribution in [0.4, 0.5) is 5.95 Å². The van der Waals surface area contributed by atoms with Gasteiger partial charge in [0.15, 0.2) is 5.16 Å². The zero-order valence-corrected chi connectivity index (χ0v) is 10.5. The molecule has 0 atom stereocenters. The first-order chi connectivity index (χ1) is 8.24. The van der Waals surface area contributed by atoms with Crippen molar-refractivity contribution in [1.29, 1.82) is 0 Å². The molecule has 2 N–H and O–H groups in total. The molecule has 3 heterocycles. The molecule has 0 aliphatic heterocycles. The number of hydrogen-bond donors (Lipinski definition) is 1. The summed E-state index contributed by atoms with van der Waals surface area (Å²) in [6.07, 6.45) is 1.51. The molecule has 0 spiro atoms. The van der Waals surface area contributed by atoms with E-state index < -0.39 is 0 Å². The summed E-state index contributed by atoms with van der Waals surface area (Å²) < 4.78 is 1.70. The first-order valence-corrected chi connectivity index (χ1v) is 6.46. The number of fused-ring (bicyclic) bond motifs is 1. The molecule has 8 heteroatoms. The van der Waals surface area contributed by atoms with Crippen LogP contribution in [0.25, 0.3) is 10.2 Å². The number of nitrogens with two attached hydrogens (primary N) is 1. The summed E-state index contributed by atoms with van der Waals surface area (Å²) in [6.45, 7) is 0. The van der Waals surface area contributed by atoms with Crippen molar-refractivity contribution in [1.82, 2.24) is 24.7 Å². The Hall–Kier alpha value is -1.67. The van der Waals surface area contributed by atoms with Crippen molar-refractivity contribution in [3.8, 4) is 0 Å². The minimum absolute atomic E-state index is 0.282. The highest BCUT2D eigenvalue weighted by Crippen LogP contribution is 2.32. The van der Waals surface area contributed by atoms with Crippen LogP contribution in [0.15, 0.2) is 28.0 Å². The molecule has 0 saturated heterocycles. The molecule has 86 valence electrons. The monoisotopic (exact) mass is 264 g/mol. The average molecular weight is 264 g/mol. The molecule has 0 aliphatic carbocycles. The number of nitrogens with zero attached hydrogens (tertiary/aromatic N) is 5. The second-order valence-electron chi connectivity index (χ2n) is 3.29. The number of anilines is 1. The molecule has 0 fully saturated rings. The second kappa shape index (κ2) is 3.97. The van der Waals surface area contributed by atoms with Crippen molar-refractivity contribution in [3.05, 3.63) is 17.8 Å². The van der Waals surface area contributed by atoms with Crippen LogP contribution in [0.2, 0.25) is 0 Å². The first kappa shape index (κ1) is 10.5. The van der Waals surface area contributed by atoms with Crippen molar-refractivity contribution < 1.29 is 0 Å². The van der Waals surface area contributed by atoms with E-state index in [1.54, 1.807) is 16.0 Å². The number of aromatic nitrogens is 5. The molecule has 0 unspecified atom stereocenters. The smallest absolute Gasteiger partial charge is 0.222 e. The van der Waals surface area contributed by atoms with E-state index >= 15 is 0 Å². The molecule has 3 rings (SSSR count). The highest BCUT2D eigenvalue weighted by atomic mass is 32.2. The van der Waals surface area contributed by atoms with Crippen molar-refractivity contribution in [3.63, 3.8) is 0 Å². The van der Waals surface area contributed by atoms with E-state index in [1.807, 2.05) is 18.5 Å². The van der Waals surface area contributed by atoms with E-state index in [9.17, 15) is 0 Å². The average Bonchev–Trinajstić information content (AvgIpc) is 2.88. The fraction of sp³-hybridized carbons (Fsp3) is 0.111. The number of rotatable bonds is 2. The Labute approximate surface area is 105 Å². The van der Waals surface area contributed by atoms with Gasteiger partial charge in [-0.1, -0.05) is 0 Å². The highest BCUT2D eigenvalue weighted by Gasteiger charge is 2.11. The molecule has 0 amide bonds. The van der Waals surface area contributed by atoms with Gasteiger partial charge in [-0.15, -0.1) is 11.3 Å². The minimum atomic E-state index is 0.282. The van der Waals surface area contributed by atoms with Crippen LogP contribution in [0, 0.1) is 0 Å². The van der Waals surface area contributed by atoms with Gasteiger partial charge in [0.05, 0.1) is 0 Å². The van der Waals surface area contributed by atoms with Crippen LogP contribution < -0.4 is 5.73 Å². The normalized spacial score (nSPS) is 11.1. The third-order valence-electron chi connectivity index (χ3n) is 2.17. The second-order valence-corrected chi connectivity index (χ2v) is 5.15. The molecule has 0 bridgehead atoms. The Kier molecular flexibility index (Phi) is 2.45. The quantitative estimate of drug-likeness (QED) is 0.707. The molecular formula is C9H8N6S2. The van der Waals surface area contributed by atoms with Crippen LogP contribution in [0.1, 0.15) is 0 Å². The Morgan fingerprint density at radius 1 is 1.41 bits per heavy atom. The van der Waals surface area contributed by atoms with E-state index in [-0.39, 0.29) is 5.95 Å². The van der Waals surface area contributed by atoms with Crippen LogP contribution >= 0.6 is 23.1 Å². The summed E-state index contributed by atoms with van der Waals surface area (Å²) in [4.78, 5) is 13.5. The maximum absolute atomic E-state index is 5.68. The third kappa shape index (κ3) is 1.85. The Balaban J connectivity index is 2.11. The zero-order valence-electron chi connectivity index (χ0n) is 8.86. The van der Waals surface area contributed by atoms with E-state index in [0.717, 1.165) is 20.4 Å². The minimum Gasteiger partial charge on any atom is -0.368 e. The van der Waals surface area contributed by atoms with Crippen molar-refractivity contribution in [2.75, 3.05) is 5.73 Å². The number of thiophene rings is 1. The maximum atomic E-state index is 5.68. The van der Waals surface area contributed by atoms with E-state index in [1.165, 1.54) is 18.1 Å². The van der Waals surface area contributed by atoms with Crippen molar-refractivity contribution in [2.24, 2.45) is 7.05 Å². The molecular weight excluding hydrogens is 256 g/mol. The fourth-order valence-corrected chi connectivity index (χ4v) is 3.09. The van der Waals surface area contributed by atoms with Gasteiger partial charge in [0.25, 0.3) is 0 Å². The lowest BCUT2D eigenvalue weighted by molar-refractivity contribution is 0.685. The van der Waals surface area contributed by atoms with E-state index in [0.29, 0.717) is 0 Å². The van der Waals surface area contributed by atoms with E-state index in [4.69, 9.17) is 5.73 Å². The molecule has 3 aromatic rings. The molecule has 0 aromatic carbocycles. The molecule has 0 radical (unpaired) electrons. The summed E-state index contributed by atoms with van der Waals surface area (Å²) in [5.74, 6) is 0.282. The molecule has 0 aliphatic rings. The summed E-state index contributed by atoms with van der Waals surface area (Å²) in [6, 6.07) is 1.98. The summed E-state index contributed by atoms with van der Waals surface area (Å²) >= 11 is 2.98. The van der Waals surface area contributed by atoms with Crippen molar-refractivity contribution >= 4 is 39.3 Å². The maximum Gasteiger partial charge on any atom is 0.222 e. The summed E-state index contributed by atoms with van der Waals surface area (Å²) in [5.41, 5.74) is 5.68. The third-order valence-corrected chi connectivity index (χ3v) is 4.03. The van der Waals surface area contributed by atoms with Gasteiger partial charge in [0, 0.05) is 12.4 Å². The molecule has 6 nitrogen and oxygen atoms in total. The summed E-state index contributed by atoms with van der Waals surface area (Å²) in [5, 5.41) is 8.57. The largest absolute Gasteiger partial charge is 0.368 e. The van der Waals surface area contributed by atoms with Gasteiger partial charge in [-0.2, -0.15) is 5.10 Å². The predicted molar refractivity (Wildman–Crippen MR) is 67.0 cm³/mol. The fourth-order valence-electron chi connectivity index (χ4n) is 1.39. The lowest BCUT2D eigenvalue weighted by Gasteiger charge is -2.02. The van der Waals surface area contributed by atoms with Crippen LogP contribution in [0.5, 0.6) is 0 Å². The zero-order chi connectivity index (χ0) is 11.8. The van der Waals surface area contributed by atoms with Gasteiger partial charge in [-0.05, 0) is 23.2 Å². The van der Waals surface area contributed by atoms with Crippen LogP contribution in [0.3, 0.4) is 0 Å². The predicted octanol–water partition coefficient (Wildman–Crippen LogP) is 1.55. The topological polar surface area (TPSA) is 82.5 Å². The van der Waals surface area contributed by atoms with Gasteiger partial charge >= 0.3 is 0 Å². The molecule has 3 aromatic heterocycles. The van der Waals surface area contributed by atoms with Gasteiger partial charge in [-0.3, -0.25) is 0 Å². The Morgan fingerprint density at radius 3 is 3.06 bits per heavy atom. The van der Waals surface area contributed by atoms with Gasteiger partial charge in [0.1, 0.15) is 16.2 Å². The van der Waals surface area contributed by atoms with Gasteiger partial charge in [0.2, 0.25) is 5.95 Å². The van der Waals surface area contributed by atoms with Crippen LogP contribution in [-0.2, 0) is 7.05 Å². The van der Waals surface area contributed by atoms with Crippen LogP contribution in [-0.4, -0.2) is 24.7 Å². The standard InChI is InChI=1S/C9H8N6S2/c1-15-9(11-4-12-15)17-7-5-2-3-16-6(5)13-8(10)14-7/h2-4H,1H3,(H2,10,13,14). The first-order valence-electron chi connectivity index (χ1n) is 4.76. The van der Waals surface area contributed by atoms with Gasteiger partial charge < -0.3 is 5.73 Å². The van der Waals surface area contributed by atoms with Gasteiger partial charge in [-0.25, -0.2) is 19.6 Å². The molecule has 17 heavy (non-hydrogen) atoms. The lowest BCUT2D eigenvalue weighted by Crippen LogP contribution is -1.97. The highest BCUT2D eigenvalue weighted by molar-refractivity contribution is 7.99. The van der Waals surface area contributed by atoms with E-state index in [2.05, 4.69) is 20.1 Å².